The number of hydrogen-bond donors (Lipinski definition) is 3. The van der Waals surface area contributed by atoms with E-state index in [4.69, 9.17) is 10.3 Å². The van der Waals surface area contributed by atoms with Gasteiger partial charge in [0.15, 0.2) is 0 Å². The lowest BCUT2D eigenvalue weighted by atomic mass is 10.2. The van der Waals surface area contributed by atoms with E-state index in [9.17, 15) is 8.42 Å². The highest BCUT2D eigenvalue weighted by Gasteiger charge is 2.15. The number of nitrogens with one attached hydrogen (secondary N) is 1. The molecule has 2 rings (SSSR count). The van der Waals surface area contributed by atoms with E-state index in [-0.39, 0.29) is 16.1 Å². The number of fused-ring (bicyclic) bond motifs is 1. The lowest BCUT2D eigenvalue weighted by Gasteiger charge is -2.00. The van der Waals surface area contributed by atoms with Crippen molar-refractivity contribution >= 4 is 26.7 Å². The van der Waals surface area contributed by atoms with Gasteiger partial charge in [0, 0.05) is 11.1 Å². The minimum Gasteiger partial charge on any atom is -0.399 e. The molecule has 0 unspecified atom stereocenters. The van der Waals surface area contributed by atoms with Crippen molar-refractivity contribution in [3.8, 4) is 0 Å². The number of nitrogen functional groups attached to an aromatic ring is 1. The first kappa shape index (κ1) is 8.97. The van der Waals surface area contributed by atoms with E-state index >= 15 is 0 Å². The number of nitrogens with zero attached hydrogens (tertiary/aromatic N) is 1. The molecule has 0 aliphatic heterocycles. The molecule has 0 spiro atoms. The smallest absolute Gasteiger partial charge is 0.296 e. The third kappa shape index (κ3) is 1.32. The minimum absolute atomic E-state index is 0.252. The highest BCUT2D eigenvalue weighted by Crippen LogP contribution is 2.23. The quantitative estimate of drug-likeness (QED) is 0.469. The first-order chi connectivity index (χ1) is 6.48. The van der Waals surface area contributed by atoms with Gasteiger partial charge in [0.25, 0.3) is 10.1 Å². The van der Waals surface area contributed by atoms with Crippen LogP contribution in [-0.4, -0.2) is 23.2 Å². The van der Waals surface area contributed by atoms with Crippen LogP contribution in [0.25, 0.3) is 10.9 Å². The Labute approximate surface area is 79.5 Å². The Hall–Kier alpha value is -1.60. The van der Waals surface area contributed by atoms with Crippen molar-refractivity contribution in [3.05, 3.63) is 18.3 Å². The summed E-state index contributed by atoms with van der Waals surface area (Å²) in [5.74, 6) is 0. The Balaban J connectivity index is 2.94. The predicted octanol–water partition coefficient (Wildman–Crippen LogP) is 0.392. The summed E-state index contributed by atoms with van der Waals surface area (Å²) in [7, 11) is -4.27. The van der Waals surface area contributed by atoms with E-state index in [1.54, 1.807) is 6.07 Å². The lowest BCUT2D eigenvalue weighted by molar-refractivity contribution is 0.484. The van der Waals surface area contributed by atoms with Gasteiger partial charge in [0.05, 0.1) is 11.7 Å². The molecular weight excluding hydrogens is 206 g/mol. The highest BCUT2D eigenvalue weighted by molar-refractivity contribution is 7.86. The Bertz CT molecular complexity index is 587. The molecule has 74 valence electrons. The second-order valence-corrected chi connectivity index (χ2v) is 4.22. The van der Waals surface area contributed by atoms with Gasteiger partial charge >= 0.3 is 0 Å². The summed E-state index contributed by atoms with van der Waals surface area (Å²) in [5, 5.41) is 6.68. The molecule has 1 aromatic heterocycles. The van der Waals surface area contributed by atoms with Gasteiger partial charge in [-0.25, -0.2) is 0 Å². The average molecular weight is 213 g/mol. The van der Waals surface area contributed by atoms with Gasteiger partial charge in [-0.1, -0.05) is 0 Å². The summed E-state index contributed by atoms with van der Waals surface area (Å²) in [4.78, 5) is -0.259. The van der Waals surface area contributed by atoms with Crippen LogP contribution in [0, 0.1) is 0 Å². The molecule has 0 amide bonds. The number of H-pyrrole nitrogens is 1. The molecule has 0 saturated heterocycles. The number of nitrogens with two attached hydrogens (primary N) is 1. The average Bonchev–Trinajstić information content (AvgIpc) is 2.47. The largest absolute Gasteiger partial charge is 0.399 e. The second-order valence-electron chi connectivity index (χ2n) is 2.83. The van der Waals surface area contributed by atoms with Crippen LogP contribution in [0.4, 0.5) is 5.69 Å². The molecule has 0 saturated carbocycles. The summed E-state index contributed by atoms with van der Waals surface area (Å²) in [6.45, 7) is 0. The zero-order valence-electron chi connectivity index (χ0n) is 6.93. The first-order valence-corrected chi connectivity index (χ1v) is 5.12. The van der Waals surface area contributed by atoms with Crippen molar-refractivity contribution in [2.75, 3.05) is 5.73 Å². The normalized spacial score (nSPS) is 12.1. The summed E-state index contributed by atoms with van der Waals surface area (Å²) in [5.41, 5.74) is 5.97. The number of aromatic nitrogens is 2. The molecule has 2 aromatic rings. The molecule has 0 aliphatic rings. The van der Waals surface area contributed by atoms with Crippen molar-refractivity contribution < 1.29 is 13.0 Å². The number of anilines is 1. The predicted molar refractivity (Wildman–Crippen MR) is 50.3 cm³/mol. The molecule has 1 heterocycles. The van der Waals surface area contributed by atoms with Crippen LogP contribution in [0.2, 0.25) is 0 Å². The number of benzene rings is 1. The Morgan fingerprint density at radius 1 is 1.43 bits per heavy atom. The fourth-order valence-corrected chi connectivity index (χ4v) is 1.96. The SMILES string of the molecule is Nc1cc(S(=O)(=O)O)c2[nH]ncc2c1. The third-order valence-electron chi connectivity index (χ3n) is 1.81. The van der Waals surface area contributed by atoms with Gasteiger partial charge in [-0.05, 0) is 12.1 Å². The standard InChI is InChI=1S/C7H7N3O3S/c8-5-1-4-3-9-10-7(4)6(2-5)14(11,12)13/h1-3H,8H2,(H,9,10)(H,11,12,13). The molecule has 0 bridgehead atoms. The summed E-state index contributed by atoms with van der Waals surface area (Å²) in [6, 6.07) is 2.74. The lowest BCUT2D eigenvalue weighted by Crippen LogP contribution is -2.00. The van der Waals surface area contributed by atoms with E-state index in [0.29, 0.717) is 5.39 Å². The van der Waals surface area contributed by atoms with E-state index < -0.39 is 10.1 Å². The van der Waals surface area contributed by atoms with Crippen molar-refractivity contribution in [3.63, 3.8) is 0 Å². The third-order valence-corrected chi connectivity index (χ3v) is 2.69. The van der Waals surface area contributed by atoms with Gasteiger partial charge in [0.1, 0.15) is 4.90 Å². The highest BCUT2D eigenvalue weighted by atomic mass is 32.2. The summed E-state index contributed by atoms with van der Waals surface area (Å²) >= 11 is 0. The summed E-state index contributed by atoms with van der Waals surface area (Å²) < 4.78 is 30.8. The van der Waals surface area contributed by atoms with Gasteiger partial charge in [-0.15, -0.1) is 0 Å². The molecule has 0 atom stereocenters. The van der Waals surface area contributed by atoms with E-state index in [1.807, 2.05) is 0 Å². The van der Waals surface area contributed by atoms with Crippen LogP contribution in [0.1, 0.15) is 0 Å². The fourth-order valence-electron chi connectivity index (χ4n) is 1.25. The van der Waals surface area contributed by atoms with Crippen molar-refractivity contribution in [1.82, 2.24) is 10.2 Å². The number of hydrogen-bond acceptors (Lipinski definition) is 4. The monoisotopic (exact) mass is 213 g/mol. The van der Waals surface area contributed by atoms with Crippen LogP contribution < -0.4 is 5.73 Å². The second kappa shape index (κ2) is 2.69. The number of aromatic amines is 1. The van der Waals surface area contributed by atoms with Crippen LogP contribution in [0.15, 0.2) is 23.2 Å². The van der Waals surface area contributed by atoms with Crippen LogP contribution in [0.5, 0.6) is 0 Å². The molecule has 14 heavy (non-hydrogen) atoms. The maximum Gasteiger partial charge on any atom is 0.296 e. The molecule has 4 N–H and O–H groups in total. The van der Waals surface area contributed by atoms with E-state index in [1.165, 1.54) is 12.3 Å². The zero-order valence-corrected chi connectivity index (χ0v) is 7.75. The topological polar surface area (TPSA) is 109 Å². The van der Waals surface area contributed by atoms with E-state index in [2.05, 4.69) is 10.2 Å². The van der Waals surface area contributed by atoms with Gasteiger partial charge in [0.2, 0.25) is 0 Å². The zero-order chi connectivity index (χ0) is 10.3. The van der Waals surface area contributed by atoms with Crippen molar-refractivity contribution in [1.29, 1.82) is 0 Å². The van der Waals surface area contributed by atoms with Gasteiger partial charge < -0.3 is 5.73 Å². The van der Waals surface area contributed by atoms with Gasteiger partial charge in [-0.3, -0.25) is 9.65 Å². The van der Waals surface area contributed by atoms with Crippen LogP contribution >= 0.6 is 0 Å². The molecule has 7 heteroatoms. The summed E-state index contributed by atoms with van der Waals surface area (Å²) in [6.07, 6.45) is 1.43. The van der Waals surface area contributed by atoms with Gasteiger partial charge in [-0.2, -0.15) is 13.5 Å². The molecular formula is C7H7N3O3S. The first-order valence-electron chi connectivity index (χ1n) is 3.68. The van der Waals surface area contributed by atoms with Crippen LogP contribution in [0.3, 0.4) is 0 Å². The van der Waals surface area contributed by atoms with Crippen LogP contribution in [-0.2, 0) is 10.1 Å². The Morgan fingerprint density at radius 2 is 2.14 bits per heavy atom. The molecule has 6 nitrogen and oxygen atoms in total. The van der Waals surface area contributed by atoms with E-state index in [0.717, 1.165) is 0 Å². The molecule has 0 fully saturated rings. The molecule has 0 radical (unpaired) electrons. The molecule has 1 aromatic carbocycles. The molecule has 0 aliphatic carbocycles. The Morgan fingerprint density at radius 3 is 2.79 bits per heavy atom. The maximum atomic E-state index is 10.9. The minimum atomic E-state index is -4.27. The van der Waals surface area contributed by atoms with Crippen molar-refractivity contribution in [2.24, 2.45) is 0 Å². The Kier molecular flexibility index (Phi) is 1.73. The van der Waals surface area contributed by atoms with Crippen molar-refractivity contribution in [2.45, 2.75) is 4.90 Å². The fraction of sp³-hybridized carbons (Fsp3) is 0. The maximum absolute atomic E-state index is 10.9. The number of rotatable bonds is 1.